The molecule has 53 heavy (non-hydrogen) atoms. The number of hydrogen-bond acceptors (Lipinski definition) is 7. The van der Waals surface area contributed by atoms with Gasteiger partial charge in [-0.3, -0.25) is 0 Å². The molecule has 1 saturated carbocycles. The van der Waals surface area contributed by atoms with Gasteiger partial charge in [-0.05, 0) is 147 Å². The molecule has 7 heteroatoms. The summed E-state index contributed by atoms with van der Waals surface area (Å²) in [5.41, 5.74) is 0.343. The molecule has 1 aliphatic carbocycles. The molecular weight excluding hydrogens is 659 g/mol. The molecule has 0 bridgehead atoms. The molecule has 3 heterocycles. The Hall–Kier alpha value is -0.280. The van der Waals surface area contributed by atoms with E-state index in [9.17, 15) is 0 Å². The van der Waals surface area contributed by atoms with Crippen molar-refractivity contribution in [2.24, 2.45) is 35.0 Å². The molecule has 0 aromatic heterocycles. The molecule has 3 N–H and O–H groups in total. The van der Waals surface area contributed by atoms with Gasteiger partial charge in [0.25, 0.3) is 0 Å². The minimum Gasteiger partial charge on any atom is -0.378 e. The first kappa shape index (κ1) is 45.4. The molecule has 0 aromatic carbocycles. The van der Waals surface area contributed by atoms with E-state index in [0.29, 0.717) is 47.7 Å². The molecule has 0 radical (unpaired) electrons. The summed E-state index contributed by atoms with van der Waals surface area (Å²) in [5.74, 6) is 2.98. The smallest absolute Gasteiger partial charge is 0.184 e. The molecule has 4 fully saturated rings. The van der Waals surface area contributed by atoms with E-state index in [4.69, 9.17) is 18.9 Å². The molecule has 0 amide bonds. The van der Waals surface area contributed by atoms with Crippen LogP contribution < -0.4 is 16.0 Å². The highest BCUT2D eigenvalue weighted by atomic mass is 16.7. The van der Waals surface area contributed by atoms with E-state index in [1.165, 1.54) is 6.42 Å². The van der Waals surface area contributed by atoms with E-state index in [0.717, 1.165) is 70.8 Å². The lowest BCUT2D eigenvalue weighted by molar-refractivity contribution is -0.270. The Balaban J connectivity index is 1.61. The number of rotatable bonds is 16. The maximum atomic E-state index is 7.43. The molecule has 3 saturated heterocycles. The molecule has 7 nitrogen and oxygen atoms in total. The largest absolute Gasteiger partial charge is 0.378 e. The van der Waals surface area contributed by atoms with Crippen LogP contribution in [0.2, 0.25) is 0 Å². The van der Waals surface area contributed by atoms with Crippen molar-refractivity contribution in [3.8, 4) is 0 Å². The van der Waals surface area contributed by atoms with E-state index in [-0.39, 0.29) is 52.6 Å². The summed E-state index contributed by atoms with van der Waals surface area (Å²) in [6.45, 7) is 38.4. The van der Waals surface area contributed by atoms with E-state index in [1.807, 2.05) is 0 Å². The third-order valence-electron chi connectivity index (χ3n) is 13.3. The number of piperidine rings is 3. The van der Waals surface area contributed by atoms with Crippen LogP contribution in [0.5, 0.6) is 0 Å². The molecule has 3 aliphatic heterocycles. The van der Waals surface area contributed by atoms with E-state index >= 15 is 0 Å². The zero-order valence-electron chi connectivity index (χ0n) is 37.7. The van der Waals surface area contributed by atoms with E-state index in [1.54, 1.807) is 0 Å². The summed E-state index contributed by atoms with van der Waals surface area (Å²) in [6, 6.07) is 1.31. The van der Waals surface area contributed by atoms with Crippen molar-refractivity contribution >= 4 is 0 Å². The third kappa shape index (κ3) is 14.3. The van der Waals surface area contributed by atoms with Gasteiger partial charge in [0.2, 0.25) is 0 Å². The normalized spacial score (nSPS) is 35.5. The van der Waals surface area contributed by atoms with Gasteiger partial charge in [0.1, 0.15) is 6.10 Å². The number of hydrogen-bond donors (Lipinski definition) is 3. The third-order valence-corrected chi connectivity index (χ3v) is 13.3. The van der Waals surface area contributed by atoms with Gasteiger partial charge in [-0.25, -0.2) is 0 Å². The Morgan fingerprint density at radius 1 is 0.491 bits per heavy atom. The fourth-order valence-electron chi connectivity index (χ4n) is 10.5. The molecule has 312 valence electrons. The lowest BCUT2D eigenvalue weighted by Crippen LogP contribution is -2.58. The standard InChI is InChI=1S/C46H89N3O4/c1-29(2)33-20-35(25-43(9,10)24-33)51-41(18-17-19-50-34-21-38(30(3)4)47-44(11,12)26-34)42(52-36-22-39(31(5)6)48-45(13,14)27-36)53-37-23-40(32(7)8)49-46(15,16)28-37/h29-42,47-49H,17-28H2,1-16H3. The van der Waals surface area contributed by atoms with Crippen LogP contribution in [-0.2, 0) is 18.9 Å². The van der Waals surface area contributed by atoms with Crippen molar-refractivity contribution in [3.63, 3.8) is 0 Å². The van der Waals surface area contributed by atoms with Crippen molar-refractivity contribution in [2.75, 3.05) is 6.61 Å². The summed E-state index contributed by atoms with van der Waals surface area (Å²) in [4.78, 5) is 0. The van der Waals surface area contributed by atoms with Gasteiger partial charge in [-0.15, -0.1) is 0 Å². The molecule has 9 unspecified atom stereocenters. The first-order valence-electron chi connectivity index (χ1n) is 22.3. The Morgan fingerprint density at radius 2 is 0.906 bits per heavy atom. The minimum absolute atomic E-state index is 0.000437. The molecule has 0 spiro atoms. The number of nitrogens with one attached hydrogen (secondary N) is 3. The Labute approximate surface area is 328 Å². The van der Waals surface area contributed by atoms with Crippen LogP contribution in [0.25, 0.3) is 0 Å². The van der Waals surface area contributed by atoms with Crippen molar-refractivity contribution in [1.82, 2.24) is 16.0 Å². The molecule has 4 aliphatic rings. The lowest BCUT2D eigenvalue weighted by Gasteiger charge is -2.48. The first-order valence-corrected chi connectivity index (χ1v) is 22.3. The summed E-state index contributed by atoms with van der Waals surface area (Å²) in [7, 11) is 0. The first-order chi connectivity index (χ1) is 24.4. The average molecular weight is 748 g/mol. The Kier molecular flexibility index (Phi) is 15.9. The average Bonchev–Trinajstić information content (AvgIpc) is 2.99. The van der Waals surface area contributed by atoms with E-state index in [2.05, 4.69) is 127 Å². The predicted molar refractivity (Wildman–Crippen MR) is 222 cm³/mol. The maximum Gasteiger partial charge on any atom is 0.184 e. The van der Waals surface area contributed by atoms with Crippen molar-refractivity contribution in [3.05, 3.63) is 0 Å². The predicted octanol–water partition coefficient (Wildman–Crippen LogP) is 10.0. The molecule has 4 rings (SSSR count). The van der Waals surface area contributed by atoms with Crippen LogP contribution >= 0.6 is 0 Å². The number of ether oxygens (including phenoxy) is 4. The summed E-state index contributed by atoms with van der Waals surface area (Å²) < 4.78 is 28.9. The molecule has 9 atom stereocenters. The monoisotopic (exact) mass is 748 g/mol. The van der Waals surface area contributed by atoms with Gasteiger partial charge >= 0.3 is 0 Å². The van der Waals surface area contributed by atoms with Gasteiger partial charge in [-0.1, -0.05) is 69.2 Å². The highest BCUT2D eigenvalue weighted by molar-refractivity contribution is 4.97. The summed E-state index contributed by atoms with van der Waals surface area (Å²) in [6.07, 6.45) is 11.5. The highest BCUT2D eigenvalue weighted by Gasteiger charge is 2.44. The summed E-state index contributed by atoms with van der Waals surface area (Å²) >= 11 is 0. The second-order valence-corrected chi connectivity index (χ2v) is 22.6. The van der Waals surface area contributed by atoms with Crippen molar-refractivity contribution in [1.29, 1.82) is 0 Å². The van der Waals surface area contributed by atoms with Crippen molar-refractivity contribution < 1.29 is 18.9 Å². The van der Waals surface area contributed by atoms with Gasteiger partial charge in [-0.2, -0.15) is 0 Å². The zero-order chi connectivity index (χ0) is 39.5. The second kappa shape index (κ2) is 18.5. The van der Waals surface area contributed by atoms with Crippen molar-refractivity contribution in [2.45, 2.75) is 253 Å². The second-order valence-electron chi connectivity index (χ2n) is 22.6. The maximum absolute atomic E-state index is 7.43. The van der Waals surface area contributed by atoms with Crippen LogP contribution in [0.3, 0.4) is 0 Å². The van der Waals surface area contributed by atoms with Crippen LogP contribution in [0.1, 0.15) is 181 Å². The Bertz CT molecular complexity index is 1060. The van der Waals surface area contributed by atoms with Crippen LogP contribution in [0.4, 0.5) is 0 Å². The van der Waals surface area contributed by atoms with E-state index < -0.39 is 6.29 Å². The zero-order valence-corrected chi connectivity index (χ0v) is 37.7. The SMILES string of the molecule is CC(C)C1CC(OC(CCCOC2CC(C(C)C)NC(C)(C)C2)C(OC2CC(C(C)C)NC(C)(C)C2)OC2CC(C(C)C)NC(C)(C)C2)CC(C)(C)C1. The Morgan fingerprint density at radius 3 is 1.34 bits per heavy atom. The van der Waals surface area contributed by atoms with Crippen LogP contribution in [0, 0.1) is 35.0 Å². The molecular formula is C46H89N3O4. The van der Waals surface area contributed by atoms with Crippen LogP contribution in [0.15, 0.2) is 0 Å². The topological polar surface area (TPSA) is 73.0 Å². The van der Waals surface area contributed by atoms with Gasteiger partial charge in [0.15, 0.2) is 6.29 Å². The van der Waals surface area contributed by atoms with Gasteiger partial charge < -0.3 is 34.9 Å². The quantitative estimate of drug-likeness (QED) is 0.107. The van der Waals surface area contributed by atoms with Gasteiger partial charge in [0.05, 0.1) is 24.4 Å². The highest BCUT2D eigenvalue weighted by Crippen LogP contribution is 2.44. The fourth-order valence-corrected chi connectivity index (χ4v) is 10.5. The molecule has 0 aromatic rings. The summed E-state index contributed by atoms with van der Waals surface area (Å²) in [5, 5.41) is 11.7. The van der Waals surface area contributed by atoms with Gasteiger partial charge in [0, 0.05) is 41.3 Å². The van der Waals surface area contributed by atoms with Crippen LogP contribution in [-0.4, -0.2) is 78.2 Å². The lowest BCUT2D eigenvalue weighted by atomic mass is 9.68. The fraction of sp³-hybridized carbons (Fsp3) is 1.00. The minimum atomic E-state index is -0.418.